The lowest BCUT2D eigenvalue weighted by Gasteiger charge is -2.34. The van der Waals surface area contributed by atoms with Gasteiger partial charge in [0.25, 0.3) is 0 Å². The van der Waals surface area contributed by atoms with E-state index < -0.39 is 5.54 Å². The van der Waals surface area contributed by atoms with Crippen molar-refractivity contribution in [3.05, 3.63) is 48.0 Å². The molecule has 1 aliphatic rings. The normalized spacial score (nSPS) is 20.0. The first-order valence-electron chi connectivity index (χ1n) is 9.35. The maximum absolute atomic E-state index is 12.5. The second-order valence-corrected chi connectivity index (χ2v) is 7.17. The zero-order valence-corrected chi connectivity index (χ0v) is 16.0. The Morgan fingerprint density at radius 3 is 2.81 bits per heavy atom. The van der Waals surface area contributed by atoms with Crippen LogP contribution >= 0.6 is 0 Å². The molecule has 1 atom stereocenters. The molecule has 1 saturated heterocycles. The van der Waals surface area contributed by atoms with Crippen LogP contribution < -0.4 is 10.1 Å². The van der Waals surface area contributed by atoms with E-state index in [9.17, 15) is 4.79 Å². The van der Waals surface area contributed by atoms with Gasteiger partial charge in [0, 0.05) is 32.5 Å². The molecule has 3 rings (SSSR count). The number of likely N-dealkylation sites (tertiary alicyclic amines) is 1. The van der Waals surface area contributed by atoms with E-state index in [0.717, 1.165) is 36.5 Å². The van der Waals surface area contributed by atoms with Gasteiger partial charge in [0.1, 0.15) is 18.2 Å². The van der Waals surface area contributed by atoms with Crippen LogP contribution in [0.25, 0.3) is 0 Å². The van der Waals surface area contributed by atoms with Gasteiger partial charge in [0.2, 0.25) is 5.91 Å². The maximum atomic E-state index is 12.5. The SMILES string of the molecule is Cn1ccnc1COc1ccc(CN2CCC[C@@]2(C)C(=O)NCCO)cc1. The summed E-state index contributed by atoms with van der Waals surface area (Å²) in [6.07, 6.45) is 5.47. The third-order valence-electron chi connectivity index (χ3n) is 5.26. The highest BCUT2D eigenvalue weighted by molar-refractivity contribution is 5.86. The van der Waals surface area contributed by atoms with Gasteiger partial charge in [-0.05, 0) is 44.0 Å². The standard InChI is InChI=1S/C20H28N4O3/c1-20(19(26)22-10-13-25)8-3-11-24(20)14-16-4-6-17(7-5-16)27-15-18-21-9-12-23(18)2/h4-7,9,12,25H,3,8,10-11,13-15H2,1-2H3,(H,22,26)/t20-/m0/s1. The maximum Gasteiger partial charge on any atom is 0.240 e. The number of aromatic nitrogens is 2. The molecule has 2 aromatic rings. The van der Waals surface area contributed by atoms with E-state index in [1.165, 1.54) is 0 Å². The number of hydrogen-bond acceptors (Lipinski definition) is 5. The number of nitrogens with one attached hydrogen (secondary N) is 1. The highest BCUT2D eigenvalue weighted by Crippen LogP contribution is 2.31. The van der Waals surface area contributed by atoms with Crippen LogP contribution in [0, 0.1) is 0 Å². The summed E-state index contributed by atoms with van der Waals surface area (Å²) >= 11 is 0. The largest absolute Gasteiger partial charge is 0.486 e. The Hall–Kier alpha value is -2.38. The Morgan fingerprint density at radius 2 is 2.15 bits per heavy atom. The van der Waals surface area contributed by atoms with Gasteiger partial charge < -0.3 is 19.7 Å². The summed E-state index contributed by atoms with van der Waals surface area (Å²) in [6.45, 7) is 4.27. The van der Waals surface area contributed by atoms with Crippen molar-refractivity contribution in [1.29, 1.82) is 0 Å². The lowest BCUT2D eigenvalue weighted by molar-refractivity contribution is -0.131. The van der Waals surface area contributed by atoms with E-state index in [1.54, 1.807) is 6.20 Å². The predicted octanol–water partition coefficient (Wildman–Crippen LogP) is 1.46. The van der Waals surface area contributed by atoms with Gasteiger partial charge >= 0.3 is 0 Å². The van der Waals surface area contributed by atoms with Crippen LogP contribution in [0.1, 0.15) is 31.2 Å². The summed E-state index contributed by atoms with van der Waals surface area (Å²) in [5.41, 5.74) is 0.616. The van der Waals surface area contributed by atoms with E-state index in [1.807, 2.05) is 49.0 Å². The number of hydrogen-bond donors (Lipinski definition) is 2. The summed E-state index contributed by atoms with van der Waals surface area (Å²) in [4.78, 5) is 19.0. The Balaban J connectivity index is 1.58. The molecule has 0 radical (unpaired) electrons. The first kappa shape index (κ1) is 19.4. The average molecular weight is 372 g/mol. The fourth-order valence-corrected chi connectivity index (χ4v) is 3.48. The summed E-state index contributed by atoms with van der Waals surface area (Å²) in [7, 11) is 1.94. The topological polar surface area (TPSA) is 79.6 Å². The van der Waals surface area contributed by atoms with Crippen molar-refractivity contribution in [2.75, 3.05) is 19.7 Å². The Kier molecular flexibility index (Phi) is 6.13. The van der Waals surface area contributed by atoms with Gasteiger partial charge in [0.15, 0.2) is 0 Å². The van der Waals surface area contributed by atoms with Crippen LogP contribution in [-0.4, -0.2) is 50.7 Å². The van der Waals surface area contributed by atoms with Crippen LogP contribution in [0.2, 0.25) is 0 Å². The van der Waals surface area contributed by atoms with Crippen LogP contribution in [0.4, 0.5) is 0 Å². The smallest absolute Gasteiger partial charge is 0.240 e. The van der Waals surface area contributed by atoms with Crippen molar-refractivity contribution in [2.24, 2.45) is 7.05 Å². The average Bonchev–Trinajstić information content (AvgIpc) is 3.25. The molecule has 7 nitrogen and oxygen atoms in total. The third kappa shape index (κ3) is 4.48. The zero-order chi connectivity index (χ0) is 19.3. The molecular weight excluding hydrogens is 344 g/mol. The van der Waals surface area contributed by atoms with Gasteiger partial charge in [-0.25, -0.2) is 4.98 Å². The molecule has 2 N–H and O–H groups in total. The van der Waals surface area contributed by atoms with Crippen molar-refractivity contribution in [1.82, 2.24) is 19.8 Å². The van der Waals surface area contributed by atoms with Gasteiger partial charge in [0.05, 0.1) is 12.1 Å². The number of aryl methyl sites for hydroxylation is 1. The molecule has 0 unspecified atom stereocenters. The Labute approximate surface area is 160 Å². The third-order valence-corrected chi connectivity index (χ3v) is 5.26. The van der Waals surface area contributed by atoms with Crippen LogP contribution in [0.15, 0.2) is 36.7 Å². The highest BCUT2D eigenvalue weighted by Gasteiger charge is 2.42. The zero-order valence-electron chi connectivity index (χ0n) is 16.0. The predicted molar refractivity (Wildman–Crippen MR) is 102 cm³/mol. The van der Waals surface area contributed by atoms with E-state index in [4.69, 9.17) is 9.84 Å². The molecule has 2 heterocycles. The number of carbonyl (C=O) groups excluding carboxylic acids is 1. The molecule has 7 heteroatoms. The minimum atomic E-state index is -0.525. The minimum Gasteiger partial charge on any atom is -0.486 e. The number of amides is 1. The number of ether oxygens (including phenoxy) is 1. The summed E-state index contributed by atoms with van der Waals surface area (Å²) in [5.74, 6) is 1.66. The fraction of sp³-hybridized carbons (Fsp3) is 0.500. The van der Waals surface area contributed by atoms with Crippen LogP contribution in [-0.2, 0) is 25.0 Å². The molecule has 0 bridgehead atoms. The van der Waals surface area contributed by atoms with E-state index >= 15 is 0 Å². The fourth-order valence-electron chi connectivity index (χ4n) is 3.48. The minimum absolute atomic E-state index is 0.0101. The molecule has 1 aromatic heterocycles. The number of imidazole rings is 1. The Bertz CT molecular complexity index is 759. The van der Waals surface area contributed by atoms with Gasteiger partial charge in [-0.1, -0.05) is 12.1 Å². The number of rotatable bonds is 8. The Morgan fingerprint density at radius 1 is 1.37 bits per heavy atom. The van der Waals surface area contributed by atoms with E-state index in [0.29, 0.717) is 19.7 Å². The second kappa shape index (κ2) is 8.54. The number of carbonyl (C=O) groups is 1. The van der Waals surface area contributed by atoms with Gasteiger partial charge in [-0.2, -0.15) is 0 Å². The monoisotopic (exact) mass is 372 g/mol. The molecule has 146 valence electrons. The second-order valence-electron chi connectivity index (χ2n) is 7.17. The van der Waals surface area contributed by atoms with Crippen LogP contribution in [0.3, 0.4) is 0 Å². The first-order valence-corrected chi connectivity index (χ1v) is 9.35. The molecule has 1 aliphatic heterocycles. The summed E-state index contributed by atoms with van der Waals surface area (Å²) < 4.78 is 7.73. The van der Waals surface area contributed by atoms with E-state index in [-0.39, 0.29) is 12.5 Å². The highest BCUT2D eigenvalue weighted by atomic mass is 16.5. The van der Waals surface area contributed by atoms with Crippen molar-refractivity contribution < 1.29 is 14.6 Å². The van der Waals surface area contributed by atoms with Crippen molar-refractivity contribution in [3.63, 3.8) is 0 Å². The number of aliphatic hydroxyl groups excluding tert-OH is 1. The van der Waals surface area contributed by atoms with Gasteiger partial charge in [-0.3, -0.25) is 9.69 Å². The molecule has 0 saturated carbocycles. The molecule has 1 amide bonds. The van der Waals surface area contributed by atoms with Crippen molar-refractivity contribution in [2.45, 2.75) is 38.5 Å². The lowest BCUT2D eigenvalue weighted by atomic mass is 9.97. The lowest BCUT2D eigenvalue weighted by Crippen LogP contribution is -2.53. The van der Waals surface area contributed by atoms with Crippen LogP contribution in [0.5, 0.6) is 5.75 Å². The number of benzene rings is 1. The summed E-state index contributed by atoms with van der Waals surface area (Å²) in [6, 6.07) is 7.99. The molecule has 27 heavy (non-hydrogen) atoms. The molecule has 0 spiro atoms. The molecular formula is C20H28N4O3. The first-order chi connectivity index (χ1) is 13.0. The van der Waals surface area contributed by atoms with Crippen molar-refractivity contribution in [3.8, 4) is 5.75 Å². The summed E-state index contributed by atoms with van der Waals surface area (Å²) in [5, 5.41) is 11.8. The number of aliphatic hydroxyl groups is 1. The molecule has 1 aromatic carbocycles. The molecule has 0 aliphatic carbocycles. The molecule has 1 fully saturated rings. The van der Waals surface area contributed by atoms with Crippen molar-refractivity contribution >= 4 is 5.91 Å². The van der Waals surface area contributed by atoms with Gasteiger partial charge in [-0.15, -0.1) is 0 Å². The number of nitrogens with zero attached hydrogens (tertiary/aromatic N) is 3. The van der Waals surface area contributed by atoms with E-state index in [2.05, 4.69) is 15.2 Å². The quantitative estimate of drug-likeness (QED) is 0.733.